The highest BCUT2D eigenvalue weighted by molar-refractivity contribution is 14.0. The molecule has 0 spiro atoms. The van der Waals surface area contributed by atoms with Gasteiger partial charge in [0.05, 0.1) is 13.7 Å². The van der Waals surface area contributed by atoms with E-state index in [0.29, 0.717) is 6.61 Å². The summed E-state index contributed by atoms with van der Waals surface area (Å²) < 4.78 is 10.9. The lowest BCUT2D eigenvalue weighted by Crippen LogP contribution is -2.31. The van der Waals surface area contributed by atoms with Crippen molar-refractivity contribution in [2.45, 2.75) is 33.6 Å². The standard InChI is InChI=1S/C17H29N3O2.HI/c1-6-22-16-12-14(9-10-15(16)21-5)20-17(18-4)19-11-7-8-13(2)3;/h9-10,12-13H,6-8,11H2,1-5H3,(H2,18,19,20);1H. The minimum absolute atomic E-state index is 0. The number of hydrogen-bond donors (Lipinski definition) is 2. The molecule has 23 heavy (non-hydrogen) atoms. The van der Waals surface area contributed by atoms with Gasteiger partial charge in [0, 0.05) is 25.3 Å². The predicted octanol–water partition coefficient (Wildman–Crippen LogP) is 4.14. The number of aliphatic imine (C=N–C) groups is 1. The van der Waals surface area contributed by atoms with Crippen LogP contribution >= 0.6 is 24.0 Å². The molecule has 0 atom stereocenters. The highest BCUT2D eigenvalue weighted by atomic mass is 127. The van der Waals surface area contributed by atoms with Gasteiger partial charge in [0.1, 0.15) is 0 Å². The summed E-state index contributed by atoms with van der Waals surface area (Å²) in [5, 5.41) is 6.59. The van der Waals surface area contributed by atoms with Gasteiger partial charge in [0.2, 0.25) is 0 Å². The van der Waals surface area contributed by atoms with E-state index in [2.05, 4.69) is 29.5 Å². The highest BCUT2D eigenvalue weighted by Crippen LogP contribution is 2.30. The quantitative estimate of drug-likeness (QED) is 0.279. The molecule has 0 saturated carbocycles. The number of benzene rings is 1. The van der Waals surface area contributed by atoms with Crippen LogP contribution in [0.2, 0.25) is 0 Å². The van der Waals surface area contributed by atoms with Gasteiger partial charge in [-0.05, 0) is 37.8 Å². The number of nitrogens with one attached hydrogen (secondary N) is 2. The molecule has 0 amide bonds. The third-order valence-electron chi connectivity index (χ3n) is 3.20. The van der Waals surface area contributed by atoms with Gasteiger partial charge >= 0.3 is 0 Å². The number of halogens is 1. The Morgan fingerprint density at radius 1 is 1.26 bits per heavy atom. The van der Waals surface area contributed by atoms with E-state index in [1.165, 1.54) is 6.42 Å². The number of nitrogens with zero attached hydrogens (tertiary/aromatic N) is 1. The average molecular weight is 435 g/mol. The fourth-order valence-corrected chi connectivity index (χ4v) is 2.06. The summed E-state index contributed by atoms with van der Waals surface area (Å²) >= 11 is 0. The smallest absolute Gasteiger partial charge is 0.195 e. The lowest BCUT2D eigenvalue weighted by Gasteiger charge is -2.15. The van der Waals surface area contributed by atoms with Gasteiger partial charge in [-0.15, -0.1) is 24.0 Å². The molecular weight excluding hydrogens is 405 g/mol. The number of anilines is 1. The molecule has 2 N–H and O–H groups in total. The van der Waals surface area contributed by atoms with Crippen LogP contribution in [-0.4, -0.2) is 33.3 Å². The van der Waals surface area contributed by atoms with Crippen molar-refractivity contribution < 1.29 is 9.47 Å². The zero-order valence-electron chi connectivity index (χ0n) is 14.8. The number of methoxy groups -OCH3 is 1. The molecule has 6 heteroatoms. The fraction of sp³-hybridized carbons (Fsp3) is 0.588. The van der Waals surface area contributed by atoms with E-state index in [1.807, 2.05) is 25.1 Å². The van der Waals surface area contributed by atoms with Gasteiger partial charge in [-0.1, -0.05) is 13.8 Å². The predicted molar refractivity (Wildman–Crippen MR) is 109 cm³/mol. The first-order valence-electron chi connectivity index (χ1n) is 7.89. The van der Waals surface area contributed by atoms with Crippen LogP contribution < -0.4 is 20.1 Å². The lowest BCUT2D eigenvalue weighted by atomic mass is 10.1. The molecule has 1 aromatic carbocycles. The Labute approximate surface area is 157 Å². The highest BCUT2D eigenvalue weighted by Gasteiger charge is 2.06. The van der Waals surface area contributed by atoms with Crippen molar-refractivity contribution in [2.75, 3.05) is 32.6 Å². The van der Waals surface area contributed by atoms with Gasteiger partial charge in [-0.3, -0.25) is 4.99 Å². The van der Waals surface area contributed by atoms with E-state index < -0.39 is 0 Å². The van der Waals surface area contributed by atoms with Crippen molar-refractivity contribution in [2.24, 2.45) is 10.9 Å². The second kappa shape index (κ2) is 12.3. The third-order valence-corrected chi connectivity index (χ3v) is 3.20. The number of hydrogen-bond acceptors (Lipinski definition) is 3. The normalized spacial score (nSPS) is 11.0. The van der Waals surface area contributed by atoms with Gasteiger partial charge < -0.3 is 20.1 Å². The fourth-order valence-electron chi connectivity index (χ4n) is 2.06. The van der Waals surface area contributed by atoms with E-state index in [9.17, 15) is 0 Å². The molecule has 5 nitrogen and oxygen atoms in total. The Morgan fingerprint density at radius 2 is 2.00 bits per heavy atom. The largest absolute Gasteiger partial charge is 0.493 e. The maximum atomic E-state index is 5.58. The van der Waals surface area contributed by atoms with Crippen LogP contribution in [-0.2, 0) is 0 Å². The molecule has 0 aromatic heterocycles. The summed E-state index contributed by atoms with van der Waals surface area (Å²) in [7, 11) is 3.41. The zero-order chi connectivity index (χ0) is 16.4. The maximum absolute atomic E-state index is 5.58. The number of guanidine groups is 1. The van der Waals surface area contributed by atoms with Crippen LogP contribution in [0.4, 0.5) is 5.69 Å². The monoisotopic (exact) mass is 435 g/mol. The molecule has 0 heterocycles. The minimum Gasteiger partial charge on any atom is -0.493 e. The molecule has 1 aromatic rings. The zero-order valence-corrected chi connectivity index (χ0v) is 17.1. The molecule has 132 valence electrons. The van der Waals surface area contributed by atoms with E-state index in [-0.39, 0.29) is 24.0 Å². The molecule has 0 bridgehead atoms. The Kier molecular flexibility index (Phi) is 11.6. The summed E-state index contributed by atoms with van der Waals surface area (Å²) in [6, 6.07) is 5.75. The van der Waals surface area contributed by atoms with Crippen LogP contribution in [0.5, 0.6) is 11.5 Å². The first-order valence-corrected chi connectivity index (χ1v) is 7.89. The van der Waals surface area contributed by atoms with Crippen molar-refractivity contribution in [1.82, 2.24) is 5.32 Å². The van der Waals surface area contributed by atoms with Crippen molar-refractivity contribution in [3.63, 3.8) is 0 Å². The van der Waals surface area contributed by atoms with Gasteiger partial charge in [-0.25, -0.2) is 0 Å². The molecule has 1 rings (SSSR count). The molecular formula is C17H30IN3O2. The lowest BCUT2D eigenvalue weighted by molar-refractivity contribution is 0.311. The molecule has 0 unspecified atom stereocenters. The molecule has 0 aliphatic rings. The summed E-state index contributed by atoms with van der Waals surface area (Å²) in [4.78, 5) is 4.24. The van der Waals surface area contributed by atoms with Crippen LogP contribution in [0.15, 0.2) is 23.2 Å². The van der Waals surface area contributed by atoms with Crippen molar-refractivity contribution in [3.8, 4) is 11.5 Å². The second-order valence-electron chi connectivity index (χ2n) is 5.46. The first-order chi connectivity index (χ1) is 10.6. The summed E-state index contributed by atoms with van der Waals surface area (Å²) in [5.74, 6) is 2.95. The molecule has 0 radical (unpaired) electrons. The number of rotatable bonds is 8. The molecule has 0 saturated heterocycles. The Hall–Kier alpha value is -1.18. The van der Waals surface area contributed by atoms with Gasteiger partial charge in [0.25, 0.3) is 0 Å². The van der Waals surface area contributed by atoms with Crippen LogP contribution in [0.25, 0.3) is 0 Å². The van der Waals surface area contributed by atoms with E-state index in [0.717, 1.165) is 42.0 Å². The second-order valence-corrected chi connectivity index (χ2v) is 5.46. The van der Waals surface area contributed by atoms with Crippen molar-refractivity contribution in [1.29, 1.82) is 0 Å². The molecule has 0 aliphatic heterocycles. The van der Waals surface area contributed by atoms with Crippen molar-refractivity contribution >= 4 is 35.6 Å². The first kappa shape index (κ1) is 21.8. The Morgan fingerprint density at radius 3 is 2.57 bits per heavy atom. The van der Waals surface area contributed by atoms with Crippen LogP contribution in [0, 0.1) is 5.92 Å². The van der Waals surface area contributed by atoms with E-state index in [4.69, 9.17) is 9.47 Å². The third kappa shape index (κ3) is 8.29. The Bertz CT molecular complexity index is 479. The maximum Gasteiger partial charge on any atom is 0.195 e. The summed E-state index contributed by atoms with van der Waals surface area (Å²) in [6.45, 7) is 7.93. The van der Waals surface area contributed by atoms with E-state index in [1.54, 1.807) is 14.2 Å². The minimum atomic E-state index is 0. The topological polar surface area (TPSA) is 54.9 Å². The van der Waals surface area contributed by atoms with Crippen LogP contribution in [0.3, 0.4) is 0 Å². The summed E-state index contributed by atoms with van der Waals surface area (Å²) in [5.41, 5.74) is 0.918. The Balaban J connectivity index is 0.00000484. The van der Waals surface area contributed by atoms with Crippen molar-refractivity contribution in [3.05, 3.63) is 18.2 Å². The molecule has 0 aliphatic carbocycles. The summed E-state index contributed by atoms with van der Waals surface area (Å²) in [6.07, 6.45) is 2.34. The van der Waals surface area contributed by atoms with Gasteiger partial charge in [-0.2, -0.15) is 0 Å². The van der Waals surface area contributed by atoms with E-state index >= 15 is 0 Å². The molecule has 0 fully saturated rings. The number of ether oxygens (including phenoxy) is 2. The average Bonchev–Trinajstić information content (AvgIpc) is 2.50. The SMILES string of the molecule is CCOc1cc(NC(=NC)NCCCC(C)C)ccc1OC.I. The van der Waals surface area contributed by atoms with Crippen LogP contribution in [0.1, 0.15) is 33.6 Å². The van der Waals surface area contributed by atoms with Gasteiger partial charge in [0.15, 0.2) is 17.5 Å².